The van der Waals surface area contributed by atoms with Gasteiger partial charge in [-0.25, -0.2) is 0 Å². The highest BCUT2D eigenvalue weighted by Crippen LogP contribution is 2.34. The fourth-order valence-electron chi connectivity index (χ4n) is 2.58. The van der Waals surface area contributed by atoms with E-state index in [2.05, 4.69) is 33.4 Å². The molecule has 0 spiro atoms. The van der Waals surface area contributed by atoms with E-state index in [1.54, 1.807) is 0 Å². The van der Waals surface area contributed by atoms with Crippen molar-refractivity contribution in [3.8, 4) is 11.5 Å². The molecule has 1 N–H and O–H groups in total. The van der Waals surface area contributed by atoms with Gasteiger partial charge in [-0.15, -0.1) is 0 Å². The normalized spacial score (nSPS) is 16.4. The molecule has 0 fully saturated rings. The van der Waals surface area contributed by atoms with Crippen LogP contribution in [0.1, 0.15) is 17.0 Å². The third kappa shape index (κ3) is 3.22. The van der Waals surface area contributed by atoms with Crippen LogP contribution >= 0.6 is 15.9 Å². The van der Waals surface area contributed by atoms with Gasteiger partial charge < -0.3 is 14.8 Å². The lowest BCUT2D eigenvalue weighted by Gasteiger charge is -2.15. The topological polar surface area (TPSA) is 30.5 Å². The van der Waals surface area contributed by atoms with Gasteiger partial charge in [0, 0.05) is 22.1 Å². The maximum absolute atomic E-state index is 6.04. The van der Waals surface area contributed by atoms with Gasteiger partial charge in [-0.05, 0) is 31.3 Å². The monoisotopic (exact) mass is 347 g/mol. The summed E-state index contributed by atoms with van der Waals surface area (Å²) in [5.41, 5.74) is 2.39. The first-order valence-corrected chi connectivity index (χ1v) is 7.85. The van der Waals surface area contributed by atoms with Crippen molar-refractivity contribution >= 4 is 15.9 Å². The molecule has 3 nitrogen and oxygen atoms in total. The van der Waals surface area contributed by atoms with Crippen molar-refractivity contribution in [3.63, 3.8) is 0 Å². The van der Waals surface area contributed by atoms with E-state index in [9.17, 15) is 0 Å². The summed E-state index contributed by atoms with van der Waals surface area (Å²) >= 11 is 3.50. The average Bonchev–Trinajstić information content (AvgIpc) is 2.90. The Morgan fingerprint density at radius 3 is 3.00 bits per heavy atom. The maximum Gasteiger partial charge on any atom is 0.123 e. The summed E-state index contributed by atoms with van der Waals surface area (Å²) in [6, 6.07) is 14.3. The Labute approximate surface area is 133 Å². The zero-order valence-electron chi connectivity index (χ0n) is 11.9. The Kier molecular flexibility index (Phi) is 4.46. The van der Waals surface area contributed by atoms with E-state index in [-0.39, 0.29) is 0 Å². The molecule has 0 amide bonds. The molecule has 0 radical (unpaired) electrons. The number of nitrogens with one attached hydrogen (secondary N) is 1. The first kappa shape index (κ1) is 14.4. The fraction of sp³-hybridized carbons (Fsp3) is 0.294. The van der Waals surface area contributed by atoms with Gasteiger partial charge in [-0.1, -0.05) is 34.1 Å². The van der Waals surface area contributed by atoms with E-state index in [1.807, 2.05) is 37.4 Å². The summed E-state index contributed by atoms with van der Waals surface area (Å²) in [4.78, 5) is 0. The van der Waals surface area contributed by atoms with Crippen molar-refractivity contribution < 1.29 is 9.47 Å². The van der Waals surface area contributed by atoms with Gasteiger partial charge in [-0.2, -0.15) is 0 Å². The van der Waals surface area contributed by atoms with Crippen molar-refractivity contribution in [2.45, 2.75) is 12.5 Å². The van der Waals surface area contributed by atoms with Gasteiger partial charge in [0.05, 0.1) is 19.1 Å². The van der Waals surface area contributed by atoms with E-state index in [1.165, 1.54) is 5.56 Å². The van der Waals surface area contributed by atoms with E-state index in [4.69, 9.17) is 9.47 Å². The molecule has 0 saturated heterocycles. The SMILES string of the molecule is CNCc1cc(Br)ccc1OCC1COc2ccccc21. The number of benzene rings is 2. The molecule has 3 rings (SSSR count). The van der Waals surface area contributed by atoms with Crippen molar-refractivity contribution in [2.75, 3.05) is 20.3 Å². The first-order valence-electron chi connectivity index (χ1n) is 7.05. The summed E-state index contributed by atoms with van der Waals surface area (Å²) in [6.07, 6.45) is 0. The van der Waals surface area contributed by atoms with Crippen LogP contribution in [0.2, 0.25) is 0 Å². The Morgan fingerprint density at radius 2 is 2.14 bits per heavy atom. The van der Waals surface area contributed by atoms with Gasteiger partial charge in [0.2, 0.25) is 0 Å². The van der Waals surface area contributed by atoms with Crippen LogP contribution in [0.3, 0.4) is 0 Å². The van der Waals surface area contributed by atoms with Gasteiger partial charge in [0.1, 0.15) is 11.5 Å². The second-order valence-corrected chi connectivity index (χ2v) is 6.05. The number of hydrogen-bond acceptors (Lipinski definition) is 3. The average molecular weight is 348 g/mol. The lowest BCUT2D eigenvalue weighted by atomic mass is 10.0. The third-order valence-corrected chi connectivity index (χ3v) is 4.12. The fourth-order valence-corrected chi connectivity index (χ4v) is 2.98. The third-order valence-electron chi connectivity index (χ3n) is 3.63. The van der Waals surface area contributed by atoms with Crippen molar-refractivity contribution in [3.05, 3.63) is 58.1 Å². The molecule has 1 unspecified atom stereocenters. The summed E-state index contributed by atoms with van der Waals surface area (Å²) in [5, 5.41) is 3.17. The molecule has 110 valence electrons. The number of ether oxygens (including phenoxy) is 2. The van der Waals surface area contributed by atoms with E-state index < -0.39 is 0 Å². The predicted octanol–water partition coefficient (Wildman–Crippen LogP) is 3.72. The Bertz CT molecular complexity index is 630. The van der Waals surface area contributed by atoms with Crippen LogP contribution in [0.25, 0.3) is 0 Å². The number of halogens is 1. The van der Waals surface area contributed by atoms with Crippen LogP contribution in [0, 0.1) is 0 Å². The van der Waals surface area contributed by atoms with Crippen LogP contribution < -0.4 is 14.8 Å². The molecule has 1 atom stereocenters. The van der Waals surface area contributed by atoms with Crippen LogP contribution in [-0.4, -0.2) is 20.3 Å². The molecule has 21 heavy (non-hydrogen) atoms. The van der Waals surface area contributed by atoms with Gasteiger partial charge in [0.25, 0.3) is 0 Å². The van der Waals surface area contributed by atoms with Crippen LogP contribution in [0.5, 0.6) is 11.5 Å². The van der Waals surface area contributed by atoms with E-state index in [0.29, 0.717) is 19.1 Å². The second kappa shape index (κ2) is 6.50. The minimum atomic E-state index is 0.298. The van der Waals surface area contributed by atoms with E-state index in [0.717, 1.165) is 28.1 Å². The molecule has 1 aliphatic heterocycles. The molecule has 4 heteroatoms. The van der Waals surface area contributed by atoms with Gasteiger partial charge in [-0.3, -0.25) is 0 Å². The molecule has 1 heterocycles. The Morgan fingerprint density at radius 1 is 1.29 bits per heavy atom. The quantitative estimate of drug-likeness (QED) is 0.893. The summed E-state index contributed by atoms with van der Waals surface area (Å²) in [6.45, 7) is 2.11. The summed E-state index contributed by atoms with van der Waals surface area (Å²) < 4.78 is 12.8. The zero-order valence-corrected chi connectivity index (χ0v) is 13.5. The van der Waals surface area contributed by atoms with E-state index >= 15 is 0 Å². The van der Waals surface area contributed by atoms with Crippen molar-refractivity contribution in [1.29, 1.82) is 0 Å². The highest BCUT2D eigenvalue weighted by molar-refractivity contribution is 9.10. The molecule has 0 saturated carbocycles. The summed E-state index contributed by atoms with van der Waals surface area (Å²) in [7, 11) is 1.94. The largest absolute Gasteiger partial charge is 0.493 e. The minimum absolute atomic E-state index is 0.298. The second-order valence-electron chi connectivity index (χ2n) is 5.14. The lowest BCUT2D eigenvalue weighted by Crippen LogP contribution is -2.14. The molecular weight excluding hydrogens is 330 g/mol. The molecule has 1 aliphatic rings. The van der Waals surface area contributed by atoms with Gasteiger partial charge >= 0.3 is 0 Å². The molecule has 0 bridgehead atoms. The van der Waals surface area contributed by atoms with Crippen LogP contribution in [0.15, 0.2) is 46.9 Å². The summed E-state index contributed by atoms with van der Waals surface area (Å²) in [5.74, 6) is 2.21. The molecule has 0 aliphatic carbocycles. The minimum Gasteiger partial charge on any atom is -0.493 e. The van der Waals surface area contributed by atoms with Crippen molar-refractivity contribution in [1.82, 2.24) is 5.32 Å². The number of rotatable bonds is 5. The molecule has 0 aromatic heterocycles. The standard InChI is InChI=1S/C17H18BrNO2/c1-19-9-12-8-14(18)6-7-16(12)20-10-13-11-21-17-5-3-2-4-15(13)17/h2-8,13,19H,9-11H2,1H3. The Hall–Kier alpha value is -1.52. The van der Waals surface area contributed by atoms with Gasteiger partial charge in [0.15, 0.2) is 0 Å². The highest BCUT2D eigenvalue weighted by atomic mass is 79.9. The predicted molar refractivity (Wildman–Crippen MR) is 87.1 cm³/mol. The molecule has 2 aromatic carbocycles. The van der Waals surface area contributed by atoms with Crippen LogP contribution in [-0.2, 0) is 6.54 Å². The zero-order chi connectivity index (χ0) is 14.7. The lowest BCUT2D eigenvalue weighted by molar-refractivity contribution is 0.246. The smallest absolute Gasteiger partial charge is 0.123 e. The number of hydrogen-bond donors (Lipinski definition) is 1. The first-order chi connectivity index (χ1) is 10.3. The maximum atomic E-state index is 6.04. The number of fused-ring (bicyclic) bond motifs is 1. The highest BCUT2D eigenvalue weighted by Gasteiger charge is 2.24. The van der Waals surface area contributed by atoms with Crippen LogP contribution in [0.4, 0.5) is 0 Å². The number of para-hydroxylation sites is 1. The molecule has 2 aromatic rings. The Balaban J connectivity index is 1.71. The molecular formula is C17H18BrNO2. The van der Waals surface area contributed by atoms with Crippen molar-refractivity contribution in [2.24, 2.45) is 0 Å².